The zero-order valence-electron chi connectivity index (χ0n) is 6.53. The van der Waals surface area contributed by atoms with E-state index in [0.29, 0.717) is 6.54 Å². The van der Waals surface area contributed by atoms with Crippen LogP contribution in [0.25, 0.3) is 0 Å². The first-order valence-corrected chi connectivity index (χ1v) is 3.30. The predicted molar refractivity (Wildman–Crippen MR) is 41.3 cm³/mol. The minimum absolute atomic E-state index is 0. The molecule has 1 radical (unpaired) electrons. The van der Waals surface area contributed by atoms with E-state index in [9.17, 15) is 4.79 Å². The first-order valence-electron chi connectivity index (χ1n) is 3.30. The molecule has 0 unspecified atom stereocenters. The van der Waals surface area contributed by atoms with Crippen LogP contribution in [0.5, 0.6) is 0 Å². The maximum absolute atomic E-state index is 10.1. The average molecular weight is 240 g/mol. The zero-order valence-corrected chi connectivity index (χ0v) is 9.36. The number of hydrogen-bond acceptors (Lipinski definition) is 1. The Hall–Kier alpha value is -0.406. The van der Waals surface area contributed by atoms with E-state index in [1.54, 1.807) is 0 Å². The number of nitrogens with one attached hydrogen (secondary N) is 1. The fourth-order valence-corrected chi connectivity index (χ4v) is 0.774. The Morgan fingerprint density at radius 3 is 2.42 bits per heavy atom. The van der Waals surface area contributed by atoms with E-state index in [4.69, 9.17) is 5.11 Å². The van der Waals surface area contributed by atoms with Crippen LogP contribution in [0, 0.1) is 0 Å². The molecule has 61 valence electrons. The first kappa shape index (κ1) is 11.6. The normalized spacial score (nSPS) is 8.33. The summed E-state index contributed by atoms with van der Waals surface area (Å²) in [5.74, 6) is 0. The van der Waals surface area contributed by atoms with Gasteiger partial charge in [0.05, 0.1) is 0 Å². The third kappa shape index (κ3) is 4.47. The van der Waals surface area contributed by atoms with Crippen LogP contribution in [0.2, 0.25) is 0 Å². The minimum Gasteiger partial charge on any atom is -0.465 e. The molecule has 1 aromatic rings. The van der Waals surface area contributed by atoms with Crippen molar-refractivity contribution in [1.82, 2.24) is 5.32 Å². The van der Waals surface area contributed by atoms with Crippen LogP contribution in [0.15, 0.2) is 30.3 Å². The van der Waals surface area contributed by atoms with Gasteiger partial charge in [0.1, 0.15) is 0 Å². The molecule has 0 aliphatic rings. The van der Waals surface area contributed by atoms with Gasteiger partial charge in [0.25, 0.3) is 0 Å². The largest absolute Gasteiger partial charge is 0.465 e. The molecular formula is C8H9NO2Y. The van der Waals surface area contributed by atoms with Gasteiger partial charge in [-0.2, -0.15) is 0 Å². The number of carbonyl (C=O) groups is 1. The Bertz CT molecular complexity index is 238. The molecule has 0 saturated carbocycles. The first-order chi connectivity index (χ1) is 5.29. The van der Waals surface area contributed by atoms with Crippen LogP contribution >= 0.6 is 0 Å². The molecule has 0 fully saturated rings. The van der Waals surface area contributed by atoms with Crippen LogP contribution < -0.4 is 5.32 Å². The molecule has 0 bridgehead atoms. The molecule has 0 aliphatic carbocycles. The van der Waals surface area contributed by atoms with E-state index in [-0.39, 0.29) is 32.7 Å². The summed E-state index contributed by atoms with van der Waals surface area (Å²) in [5, 5.41) is 10.5. The van der Waals surface area contributed by atoms with Crippen molar-refractivity contribution in [3.63, 3.8) is 0 Å². The van der Waals surface area contributed by atoms with Crippen LogP contribution in [0.1, 0.15) is 5.56 Å². The topological polar surface area (TPSA) is 49.3 Å². The maximum Gasteiger partial charge on any atom is 0.404 e. The van der Waals surface area contributed by atoms with Crippen LogP contribution in [-0.4, -0.2) is 11.2 Å². The summed E-state index contributed by atoms with van der Waals surface area (Å²) in [6.07, 6.45) is -0.992. The smallest absolute Gasteiger partial charge is 0.404 e. The summed E-state index contributed by atoms with van der Waals surface area (Å²) in [5.41, 5.74) is 0.968. The SMILES string of the molecule is O=C(O)NCc1ccccc1.[Y]. The molecule has 0 aromatic heterocycles. The van der Waals surface area contributed by atoms with Crippen molar-refractivity contribution >= 4 is 6.09 Å². The standard InChI is InChI=1S/C8H9NO2.Y/c10-8(11)9-6-7-4-2-1-3-5-7;/h1-5,9H,6H2,(H,10,11);. The van der Waals surface area contributed by atoms with Gasteiger partial charge in [0.15, 0.2) is 0 Å². The number of amides is 1. The Kier molecular flexibility index (Phi) is 5.94. The summed E-state index contributed by atoms with van der Waals surface area (Å²) in [6, 6.07) is 9.38. The van der Waals surface area contributed by atoms with E-state index in [0.717, 1.165) is 5.56 Å². The van der Waals surface area contributed by atoms with Crippen molar-refractivity contribution in [2.45, 2.75) is 6.54 Å². The molecular weight excluding hydrogens is 231 g/mol. The Balaban J connectivity index is 0.00000121. The third-order valence-electron chi connectivity index (χ3n) is 1.29. The molecule has 3 nitrogen and oxygen atoms in total. The minimum atomic E-state index is -0.992. The van der Waals surface area contributed by atoms with Gasteiger partial charge in [-0.15, -0.1) is 0 Å². The molecule has 1 rings (SSSR count). The van der Waals surface area contributed by atoms with Gasteiger partial charge in [-0.3, -0.25) is 0 Å². The molecule has 0 spiro atoms. The number of rotatable bonds is 2. The second-order valence-electron chi connectivity index (χ2n) is 2.14. The molecule has 1 aromatic carbocycles. The van der Waals surface area contributed by atoms with Crippen molar-refractivity contribution in [2.24, 2.45) is 0 Å². The summed E-state index contributed by atoms with van der Waals surface area (Å²) in [4.78, 5) is 10.1. The quantitative estimate of drug-likeness (QED) is 0.821. The molecule has 2 N–H and O–H groups in total. The van der Waals surface area contributed by atoms with Gasteiger partial charge in [-0.1, -0.05) is 30.3 Å². The zero-order chi connectivity index (χ0) is 8.10. The Morgan fingerprint density at radius 1 is 1.33 bits per heavy atom. The molecule has 12 heavy (non-hydrogen) atoms. The van der Waals surface area contributed by atoms with Crippen LogP contribution in [0.4, 0.5) is 4.79 Å². The van der Waals surface area contributed by atoms with Gasteiger partial charge < -0.3 is 10.4 Å². The van der Waals surface area contributed by atoms with E-state index < -0.39 is 6.09 Å². The van der Waals surface area contributed by atoms with Gasteiger partial charge in [0, 0.05) is 39.3 Å². The summed E-state index contributed by atoms with van der Waals surface area (Å²) >= 11 is 0. The second kappa shape index (κ2) is 6.15. The molecule has 0 heterocycles. The van der Waals surface area contributed by atoms with E-state index >= 15 is 0 Å². The summed E-state index contributed by atoms with van der Waals surface area (Å²) in [7, 11) is 0. The van der Waals surface area contributed by atoms with Gasteiger partial charge in [-0.05, 0) is 5.56 Å². The fraction of sp³-hybridized carbons (Fsp3) is 0.125. The average Bonchev–Trinajstić information content (AvgIpc) is 2.03. The molecule has 0 atom stereocenters. The molecule has 0 aliphatic heterocycles. The number of hydrogen-bond donors (Lipinski definition) is 2. The fourth-order valence-electron chi connectivity index (χ4n) is 0.774. The van der Waals surface area contributed by atoms with Crippen molar-refractivity contribution < 1.29 is 42.6 Å². The molecule has 0 saturated heterocycles. The van der Waals surface area contributed by atoms with Crippen molar-refractivity contribution in [3.05, 3.63) is 35.9 Å². The number of benzene rings is 1. The van der Waals surface area contributed by atoms with Gasteiger partial charge in [0.2, 0.25) is 0 Å². The van der Waals surface area contributed by atoms with Gasteiger partial charge >= 0.3 is 6.09 Å². The Morgan fingerprint density at radius 2 is 1.92 bits per heavy atom. The van der Waals surface area contributed by atoms with Crippen molar-refractivity contribution in [2.75, 3.05) is 0 Å². The number of carboxylic acid groups (broad SMARTS) is 1. The van der Waals surface area contributed by atoms with E-state index in [1.165, 1.54) is 0 Å². The summed E-state index contributed by atoms with van der Waals surface area (Å²) < 4.78 is 0. The summed E-state index contributed by atoms with van der Waals surface area (Å²) in [6.45, 7) is 0.371. The Labute approximate surface area is 96.1 Å². The second-order valence-corrected chi connectivity index (χ2v) is 2.14. The third-order valence-corrected chi connectivity index (χ3v) is 1.29. The van der Waals surface area contributed by atoms with E-state index in [1.807, 2.05) is 30.3 Å². The van der Waals surface area contributed by atoms with Crippen LogP contribution in [0.3, 0.4) is 0 Å². The van der Waals surface area contributed by atoms with E-state index in [2.05, 4.69) is 5.32 Å². The van der Waals surface area contributed by atoms with Crippen LogP contribution in [-0.2, 0) is 39.3 Å². The monoisotopic (exact) mass is 240 g/mol. The van der Waals surface area contributed by atoms with Gasteiger partial charge in [-0.25, -0.2) is 4.79 Å². The van der Waals surface area contributed by atoms with Crippen molar-refractivity contribution in [1.29, 1.82) is 0 Å². The molecule has 4 heteroatoms. The van der Waals surface area contributed by atoms with Crippen molar-refractivity contribution in [3.8, 4) is 0 Å². The predicted octanol–water partition coefficient (Wildman–Crippen LogP) is 1.45. The maximum atomic E-state index is 10.1. The molecule has 1 amide bonds.